The molecule has 2 aliphatic rings. The molecule has 3 atom stereocenters. The fraction of sp³-hybridized carbons (Fsp3) is 0.474. The zero-order valence-electron chi connectivity index (χ0n) is 14.9. The molecule has 0 spiro atoms. The summed E-state index contributed by atoms with van der Waals surface area (Å²) in [5, 5.41) is 0.984. The van der Waals surface area contributed by atoms with Crippen molar-refractivity contribution in [2.24, 2.45) is 24.6 Å². The van der Waals surface area contributed by atoms with Crippen LogP contribution in [0.15, 0.2) is 41.8 Å². The highest BCUT2D eigenvalue weighted by atomic mass is 35.5. The number of benzene rings is 1. The Morgan fingerprint density at radius 2 is 2.19 bits per heavy atom. The standard InChI is InChI=1S/C19H24N4OS.ClH/c1-22-8-7-21-19(22)25-12-13-3-2-4-14(9-13)18(24)23-10-15-5-6-17(20)16(15)11-23;/h2-4,7-9,15-17H,5-6,10-12,20H2,1H3;1H. The van der Waals surface area contributed by atoms with Crippen molar-refractivity contribution in [1.29, 1.82) is 0 Å². The van der Waals surface area contributed by atoms with E-state index >= 15 is 0 Å². The van der Waals surface area contributed by atoms with Crippen LogP contribution in [0.4, 0.5) is 0 Å². The minimum Gasteiger partial charge on any atom is -0.338 e. The van der Waals surface area contributed by atoms with Crippen LogP contribution in [0.25, 0.3) is 0 Å². The number of carbonyl (C=O) groups is 1. The van der Waals surface area contributed by atoms with E-state index in [9.17, 15) is 4.79 Å². The van der Waals surface area contributed by atoms with Gasteiger partial charge in [0.15, 0.2) is 5.16 Å². The van der Waals surface area contributed by atoms with Crippen molar-refractivity contribution in [3.63, 3.8) is 0 Å². The van der Waals surface area contributed by atoms with E-state index in [1.807, 2.05) is 40.9 Å². The van der Waals surface area contributed by atoms with E-state index in [-0.39, 0.29) is 24.4 Å². The molecule has 0 bridgehead atoms. The molecule has 4 rings (SSSR count). The molecular weight excluding hydrogens is 368 g/mol. The second kappa shape index (κ2) is 8.03. The summed E-state index contributed by atoms with van der Waals surface area (Å²) in [6.07, 6.45) is 6.02. The maximum atomic E-state index is 12.9. The number of halogens is 1. The first-order valence-electron chi connectivity index (χ1n) is 8.86. The number of thioether (sulfide) groups is 1. The first kappa shape index (κ1) is 19.3. The van der Waals surface area contributed by atoms with Crippen molar-refractivity contribution in [1.82, 2.24) is 14.5 Å². The molecule has 0 radical (unpaired) electrons. The van der Waals surface area contributed by atoms with Gasteiger partial charge in [-0.05, 0) is 42.4 Å². The molecule has 1 aromatic heterocycles. The molecule has 1 aliphatic heterocycles. The molecule has 2 aromatic rings. The van der Waals surface area contributed by atoms with Crippen LogP contribution in [-0.2, 0) is 12.8 Å². The van der Waals surface area contributed by atoms with Gasteiger partial charge in [-0.25, -0.2) is 4.98 Å². The van der Waals surface area contributed by atoms with Crippen LogP contribution in [0.5, 0.6) is 0 Å². The van der Waals surface area contributed by atoms with Crippen molar-refractivity contribution in [3.8, 4) is 0 Å². The largest absolute Gasteiger partial charge is 0.338 e. The number of hydrogen-bond acceptors (Lipinski definition) is 4. The number of nitrogens with two attached hydrogens (primary N) is 1. The third-order valence-corrected chi connectivity index (χ3v) is 6.65. The predicted octanol–water partition coefficient (Wildman–Crippen LogP) is 2.94. The Bertz CT molecular complexity index is 780. The van der Waals surface area contributed by atoms with Crippen LogP contribution in [0.1, 0.15) is 28.8 Å². The van der Waals surface area contributed by atoms with E-state index in [1.54, 1.807) is 18.0 Å². The highest BCUT2D eigenvalue weighted by Crippen LogP contribution is 2.37. The van der Waals surface area contributed by atoms with Crippen LogP contribution in [0.2, 0.25) is 0 Å². The molecule has 1 aliphatic carbocycles. The maximum Gasteiger partial charge on any atom is 0.253 e. The maximum absolute atomic E-state index is 12.9. The number of nitrogens with zero attached hydrogens (tertiary/aromatic N) is 3. The van der Waals surface area contributed by atoms with Crippen molar-refractivity contribution in [2.75, 3.05) is 13.1 Å². The average Bonchev–Trinajstić information content (AvgIpc) is 3.31. The fourth-order valence-corrected chi connectivity index (χ4v) is 4.96. The summed E-state index contributed by atoms with van der Waals surface area (Å²) in [6.45, 7) is 1.68. The molecule has 2 heterocycles. The molecular formula is C19H25ClN4OS. The van der Waals surface area contributed by atoms with Crippen molar-refractivity contribution in [3.05, 3.63) is 47.8 Å². The van der Waals surface area contributed by atoms with E-state index in [0.717, 1.165) is 48.0 Å². The van der Waals surface area contributed by atoms with E-state index in [4.69, 9.17) is 5.73 Å². The number of imidazole rings is 1. The number of likely N-dealkylation sites (tertiary alicyclic amines) is 1. The van der Waals surface area contributed by atoms with Gasteiger partial charge in [-0.15, -0.1) is 12.4 Å². The number of aryl methyl sites for hydroxylation is 1. The topological polar surface area (TPSA) is 64.2 Å². The zero-order valence-corrected chi connectivity index (χ0v) is 16.5. The van der Waals surface area contributed by atoms with Gasteiger partial charge in [0.2, 0.25) is 0 Å². The first-order valence-corrected chi connectivity index (χ1v) is 9.84. The summed E-state index contributed by atoms with van der Waals surface area (Å²) in [6, 6.07) is 8.26. The lowest BCUT2D eigenvalue weighted by Gasteiger charge is -2.19. The van der Waals surface area contributed by atoms with Gasteiger partial charge in [-0.3, -0.25) is 4.79 Å². The SMILES string of the molecule is Cl.Cn1ccnc1SCc1cccc(C(=O)N2CC3CCC(N)C3C2)c1. The molecule has 2 fully saturated rings. The molecule has 5 nitrogen and oxygen atoms in total. The van der Waals surface area contributed by atoms with Gasteiger partial charge in [-0.1, -0.05) is 23.9 Å². The normalized spacial score (nSPS) is 24.4. The highest BCUT2D eigenvalue weighted by Gasteiger charge is 2.42. The van der Waals surface area contributed by atoms with E-state index < -0.39 is 0 Å². The van der Waals surface area contributed by atoms with Gasteiger partial charge in [-0.2, -0.15) is 0 Å². The van der Waals surface area contributed by atoms with Gasteiger partial charge in [0.05, 0.1) is 0 Å². The lowest BCUT2D eigenvalue weighted by molar-refractivity contribution is 0.0779. The molecule has 1 amide bonds. The van der Waals surface area contributed by atoms with Gasteiger partial charge in [0.25, 0.3) is 5.91 Å². The Morgan fingerprint density at radius 3 is 2.92 bits per heavy atom. The number of carbonyl (C=O) groups excluding carboxylic acids is 1. The van der Waals surface area contributed by atoms with Crippen molar-refractivity contribution < 1.29 is 4.79 Å². The average molecular weight is 393 g/mol. The summed E-state index contributed by atoms with van der Waals surface area (Å²) < 4.78 is 2.01. The molecule has 2 N–H and O–H groups in total. The van der Waals surface area contributed by atoms with Crippen LogP contribution in [0.3, 0.4) is 0 Å². The van der Waals surface area contributed by atoms with Gasteiger partial charge in [0.1, 0.15) is 0 Å². The van der Waals surface area contributed by atoms with Crippen LogP contribution in [-0.4, -0.2) is 39.5 Å². The lowest BCUT2D eigenvalue weighted by atomic mass is 9.98. The number of fused-ring (bicyclic) bond motifs is 1. The Hall–Kier alpha value is -1.50. The van der Waals surface area contributed by atoms with E-state index in [2.05, 4.69) is 11.1 Å². The molecule has 1 aromatic carbocycles. The fourth-order valence-electron chi connectivity index (χ4n) is 4.09. The Balaban J connectivity index is 0.00000196. The number of rotatable bonds is 4. The van der Waals surface area contributed by atoms with Gasteiger partial charge < -0.3 is 15.2 Å². The summed E-state index contributed by atoms with van der Waals surface area (Å²) in [7, 11) is 1.99. The molecule has 140 valence electrons. The Kier molecular flexibility index (Phi) is 5.95. The quantitative estimate of drug-likeness (QED) is 0.812. The molecule has 7 heteroatoms. The van der Waals surface area contributed by atoms with Crippen molar-refractivity contribution >= 4 is 30.1 Å². The summed E-state index contributed by atoms with van der Waals surface area (Å²) in [5.41, 5.74) is 8.13. The third-order valence-electron chi connectivity index (χ3n) is 5.52. The van der Waals surface area contributed by atoms with Crippen molar-refractivity contribution in [2.45, 2.75) is 29.8 Å². The first-order chi connectivity index (χ1) is 12.1. The monoisotopic (exact) mass is 392 g/mol. The number of aromatic nitrogens is 2. The van der Waals surface area contributed by atoms with Gasteiger partial charge >= 0.3 is 0 Å². The molecule has 3 unspecified atom stereocenters. The molecule has 1 saturated carbocycles. The Morgan fingerprint density at radius 1 is 1.35 bits per heavy atom. The van der Waals surface area contributed by atoms with Crippen LogP contribution >= 0.6 is 24.2 Å². The number of amides is 1. The minimum absolute atomic E-state index is 0. The third kappa shape index (κ3) is 3.77. The molecule has 26 heavy (non-hydrogen) atoms. The summed E-state index contributed by atoms with van der Waals surface area (Å²) in [5.74, 6) is 2.04. The Labute approximate surface area is 164 Å². The number of hydrogen-bond donors (Lipinski definition) is 1. The molecule has 1 saturated heterocycles. The second-order valence-electron chi connectivity index (χ2n) is 7.19. The van der Waals surface area contributed by atoms with E-state index in [0.29, 0.717) is 11.8 Å². The van der Waals surface area contributed by atoms with Gasteiger partial charge in [0, 0.05) is 49.9 Å². The van der Waals surface area contributed by atoms with E-state index in [1.165, 1.54) is 0 Å². The summed E-state index contributed by atoms with van der Waals surface area (Å²) >= 11 is 1.68. The second-order valence-corrected chi connectivity index (χ2v) is 8.13. The zero-order chi connectivity index (χ0) is 17.4. The predicted molar refractivity (Wildman–Crippen MR) is 107 cm³/mol. The lowest BCUT2D eigenvalue weighted by Crippen LogP contribution is -2.33. The highest BCUT2D eigenvalue weighted by molar-refractivity contribution is 7.98. The smallest absolute Gasteiger partial charge is 0.253 e. The van der Waals surface area contributed by atoms with Crippen LogP contribution < -0.4 is 5.73 Å². The summed E-state index contributed by atoms with van der Waals surface area (Å²) in [4.78, 5) is 19.2. The van der Waals surface area contributed by atoms with Crippen LogP contribution in [0, 0.1) is 11.8 Å². The minimum atomic E-state index is 0.